The van der Waals surface area contributed by atoms with E-state index in [1.54, 1.807) is 12.1 Å². The van der Waals surface area contributed by atoms with Crippen molar-refractivity contribution in [3.05, 3.63) is 48.0 Å². The maximum Gasteiger partial charge on any atom is 0.338 e. The molecule has 23 heavy (non-hydrogen) atoms. The zero-order valence-electron chi connectivity index (χ0n) is 12.8. The van der Waals surface area contributed by atoms with Crippen LogP contribution in [0.1, 0.15) is 30.1 Å². The summed E-state index contributed by atoms with van der Waals surface area (Å²) >= 11 is 0. The van der Waals surface area contributed by atoms with Gasteiger partial charge in [0.15, 0.2) is 5.58 Å². The Morgan fingerprint density at radius 1 is 1.22 bits per heavy atom. The van der Waals surface area contributed by atoms with Gasteiger partial charge in [0.2, 0.25) is 5.89 Å². The average molecular weight is 311 g/mol. The van der Waals surface area contributed by atoms with Crippen LogP contribution in [-0.2, 0) is 0 Å². The van der Waals surface area contributed by atoms with E-state index in [2.05, 4.69) is 11.9 Å². The lowest BCUT2D eigenvalue weighted by atomic mass is 10.2. The summed E-state index contributed by atoms with van der Waals surface area (Å²) in [4.78, 5) is 15.7. The average Bonchev–Trinajstić information content (AvgIpc) is 2.99. The van der Waals surface area contributed by atoms with Gasteiger partial charge in [0.05, 0.1) is 17.7 Å². The molecule has 0 spiro atoms. The highest BCUT2D eigenvalue weighted by Crippen LogP contribution is 2.32. The Hall–Kier alpha value is -2.82. The number of unbranched alkanes of at least 4 members (excludes halogenated alkanes) is 1. The minimum Gasteiger partial charge on any atom is -0.493 e. The molecule has 0 aliphatic heterocycles. The number of oxazole rings is 1. The van der Waals surface area contributed by atoms with Crippen LogP contribution in [-0.4, -0.2) is 22.7 Å². The SMILES string of the molecule is CCCCOc1ccccc1-c1nc2c(C(=O)O)cccc2o1. The van der Waals surface area contributed by atoms with Crippen LogP contribution in [0.5, 0.6) is 5.75 Å². The number of hydrogen-bond acceptors (Lipinski definition) is 4. The summed E-state index contributed by atoms with van der Waals surface area (Å²) < 4.78 is 11.5. The van der Waals surface area contributed by atoms with E-state index < -0.39 is 5.97 Å². The molecule has 0 saturated heterocycles. The number of hydrogen-bond donors (Lipinski definition) is 1. The van der Waals surface area contributed by atoms with Crippen molar-refractivity contribution in [3.8, 4) is 17.2 Å². The highest BCUT2D eigenvalue weighted by Gasteiger charge is 2.17. The molecule has 0 amide bonds. The Bertz CT molecular complexity index is 838. The maximum absolute atomic E-state index is 11.3. The molecule has 0 radical (unpaired) electrons. The van der Waals surface area contributed by atoms with E-state index in [9.17, 15) is 9.90 Å². The van der Waals surface area contributed by atoms with E-state index in [-0.39, 0.29) is 5.56 Å². The number of ether oxygens (including phenoxy) is 1. The Balaban J connectivity index is 2.04. The predicted octanol–water partition coefficient (Wildman–Crippen LogP) is 4.37. The second-order valence-corrected chi connectivity index (χ2v) is 5.17. The second kappa shape index (κ2) is 6.52. The Kier molecular flexibility index (Phi) is 4.28. The van der Waals surface area contributed by atoms with Crippen LogP contribution in [0.25, 0.3) is 22.6 Å². The Morgan fingerprint density at radius 3 is 2.83 bits per heavy atom. The molecule has 0 bridgehead atoms. The lowest BCUT2D eigenvalue weighted by Crippen LogP contribution is -1.98. The van der Waals surface area contributed by atoms with Gasteiger partial charge >= 0.3 is 5.97 Å². The number of carbonyl (C=O) groups is 1. The van der Waals surface area contributed by atoms with E-state index in [0.717, 1.165) is 18.4 Å². The van der Waals surface area contributed by atoms with Gasteiger partial charge in [0, 0.05) is 0 Å². The molecular weight excluding hydrogens is 294 g/mol. The molecule has 0 atom stereocenters. The summed E-state index contributed by atoms with van der Waals surface area (Å²) in [7, 11) is 0. The molecule has 1 aromatic heterocycles. The summed E-state index contributed by atoms with van der Waals surface area (Å²) in [6.45, 7) is 2.72. The fourth-order valence-corrected chi connectivity index (χ4v) is 2.33. The maximum atomic E-state index is 11.3. The third kappa shape index (κ3) is 3.04. The van der Waals surface area contributed by atoms with Gasteiger partial charge in [-0.2, -0.15) is 0 Å². The Labute approximate surface area is 133 Å². The number of nitrogens with zero attached hydrogens (tertiary/aromatic N) is 1. The molecule has 5 nitrogen and oxygen atoms in total. The molecule has 5 heteroatoms. The number of benzene rings is 2. The molecule has 0 saturated carbocycles. The number of aromatic carboxylic acids is 1. The molecule has 3 rings (SSSR count). The van der Waals surface area contributed by atoms with Crippen LogP contribution in [0.4, 0.5) is 0 Å². The summed E-state index contributed by atoms with van der Waals surface area (Å²) in [6, 6.07) is 12.3. The fraction of sp³-hybridized carbons (Fsp3) is 0.222. The lowest BCUT2D eigenvalue weighted by molar-refractivity contribution is 0.0699. The van der Waals surface area contributed by atoms with E-state index in [1.165, 1.54) is 6.07 Å². The number of carboxylic acid groups (broad SMARTS) is 1. The molecule has 2 aromatic carbocycles. The molecule has 0 aliphatic carbocycles. The van der Waals surface area contributed by atoms with Gasteiger partial charge in [-0.25, -0.2) is 9.78 Å². The highest BCUT2D eigenvalue weighted by atomic mass is 16.5. The number of fused-ring (bicyclic) bond motifs is 1. The first-order valence-corrected chi connectivity index (χ1v) is 7.55. The third-order valence-corrected chi connectivity index (χ3v) is 3.52. The molecule has 0 aliphatic rings. The topological polar surface area (TPSA) is 72.6 Å². The monoisotopic (exact) mass is 311 g/mol. The van der Waals surface area contributed by atoms with Crippen LogP contribution in [0.2, 0.25) is 0 Å². The van der Waals surface area contributed by atoms with Crippen molar-refractivity contribution in [2.45, 2.75) is 19.8 Å². The van der Waals surface area contributed by atoms with Crippen molar-refractivity contribution in [3.63, 3.8) is 0 Å². The van der Waals surface area contributed by atoms with Crippen LogP contribution < -0.4 is 4.74 Å². The zero-order valence-corrected chi connectivity index (χ0v) is 12.8. The molecule has 0 unspecified atom stereocenters. The molecular formula is C18H17NO4. The first kappa shape index (κ1) is 15.1. The van der Waals surface area contributed by atoms with Gasteiger partial charge in [0.25, 0.3) is 0 Å². The van der Waals surface area contributed by atoms with Gasteiger partial charge in [-0.1, -0.05) is 31.5 Å². The van der Waals surface area contributed by atoms with Crippen molar-refractivity contribution in [1.29, 1.82) is 0 Å². The quantitative estimate of drug-likeness (QED) is 0.684. The van der Waals surface area contributed by atoms with Gasteiger partial charge in [-0.05, 0) is 30.7 Å². The first-order valence-electron chi connectivity index (χ1n) is 7.55. The third-order valence-electron chi connectivity index (χ3n) is 3.52. The van der Waals surface area contributed by atoms with Crippen LogP contribution in [0.3, 0.4) is 0 Å². The zero-order chi connectivity index (χ0) is 16.2. The van der Waals surface area contributed by atoms with E-state index in [4.69, 9.17) is 9.15 Å². The number of aromatic nitrogens is 1. The minimum atomic E-state index is -1.03. The number of carboxylic acids is 1. The number of para-hydroxylation sites is 2. The van der Waals surface area contributed by atoms with Crippen molar-refractivity contribution in [1.82, 2.24) is 4.98 Å². The number of rotatable bonds is 6. The van der Waals surface area contributed by atoms with Gasteiger partial charge in [0.1, 0.15) is 11.3 Å². The van der Waals surface area contributed by atoms with Gasteiger partial charge in [-0.15, -0.1) is 0 Å². The summed E-state index contributed by atoms with van der Waals surface area (Å²) in [5, 5.41) is 9.25. The predicted molar refractivity (Wildman–Crippen MR) is 86.8 cm³/mol. The van der Waals surface area contributed by atoms with E-state index >= 15 is 0 Å². The van der Waals surface area contributed by atoms with Crippen LogP contribution in [0.15, 0.2) is 46.9 Å². The van der Waals surface area contributed by atoms with Crippen LogP contribution in [0, 0.1) is 0 Å². The van der Waals surface area contributed by atoms with E-state index in [0.29, 0.717) is 29.3 Å². The lowest BCUT2D eigenvalue weighted by Gasteiger charge is -2.08. The summed E-state index contributed by atoms with van der Waals surface area (Å²) in [5.74, 6) is 0.0214. The highest BCUT2D eigenvalue weighted by molar-refractivity contribution is 6.00. The standard InChI is InChI=1S/C18H17NO4/c1-2-3-11-22-14-9-5-4-7-12(14)17-19-16-13(18(20)21)8-6-10-15(16)23-17/h4-10H,2-3,11H2,1H3,(H,20,21). The smallest absolute Gasteiger partial charge is 0.338 e. The molecule has 3 aromatic rings. The van der Waals surface area contributed by atoms with Gasteiger partial charge in [-0.3, -0.25) is 0 Å². The Morgan fingerprint density at radius 2 is 2.04 bits per heavy atom. The first-order chi connectivity index (χ1) is 11.2. The van der Waals surface area contributed by atoms with Crippen molar-refractivity contribution in [2.75, 3.05) is 6.61 Å². The molecule has 1 heterocycles. The van der Waals surface area contributed by atoms with E-state index in [1.807, 2.05) is 24.3 Å². The van der Waals surface area contributed by atoms with Gasteiger partial charge < -0.3 is 14.3 Å². The normalized spacial score (nSPS) is 10.8. The van der Waals surface area contributed by atoms with Crippen molar-refractivity contribution >= 4 is 17.1 Å². The van der Waals surface area contributed by atoms with Crippen molar-refractivity contribution < 1.29 is 19.1 Å². The summed E-state index contributed by atoms with van der Waals surface area (Å²) in [5.41, 5.74) is 1.64. The largest absolute Gasteiger partial charge is 0.493 e. The summed E-state index contributed by atoms with van der Waals surface area (Å²) in [6.07, 6.45) is 2.01. The molecule has 118 valence electrons. The fourth-order valence-electron chi connectivity index (χ4n) is 2.33. The van der Waals surface area contributed by atoms with Crippen molar-refractivity contribution in [2.24, 2.45) is 0 Å². The molecule has 0 fully saturated rings. The van der Waals surface area contributed by atoms with Crippen LogP contribution >= 0.6 is 0 Å². The second-order valence-electron chi connectivity index (χ2n) is 5.17. The molecule has 1 N–H and O–H groups in total. The minimum absolute atomic E-state index is 0.127.